The van der Waals surface area contributed by atoms with E-state index >= 15 is 0 Å². The van der Waals surface area contributed by atoms with E-state index in [9.17, 15) is 5.11 Å². The highest BCUT2D eigenvalue weighted by Crippen LogP contribution is 2.35. The van der Waals surface area contributed by atoms with Crippen molar-refractivity contribution < 1.29 is 9.84 Å². The Hall–Kier alpha value is -0.540. The minimum Gasteiger partial charge on any atom is -0.484 e. The van der Waals surface area contributed by atoms with Crippen molar-refractivity contribution in [2.75, 3.05) is 6.61 Å². The highest BCUT2D eigenvalue weighted by atomic mass is 79.9. The van der Waals surface area contributed by atoms with E-state index < -0.39 is 0 Å². The van der Waals surface area contributed by atoms with Gasteiger partial charge in [0.25, 0.3) is 0 Å². The molecule has 0 spiro atoms. The third kappa shape index (κ3) is 2.58. The van der Waals surface area contributed by atoms with Crippen LogP contribution in [0.15, 0.2) is 28.7 Å². The van der Waals surface area contributed by atoms with Crippen molar-refractivity contribution in [2.45, 2.75) is 37.7 Å². The monoisotopic (exact) mass is 284 g/mol. The largest absolute Gasteiger partial charge is 0.484 e. The lowest BCUT2D eigenvalue weighted by molar-refractivity contribution is -0.0203. The SMILES string of the molecule is OCC1(Oc2ccccc2Br)CCCCC1. The second-order valence-corrected chi connectivity index (χ2v) is 5.29. The van der Waals surface area contributed by atoms with E-state index in [1.54, 1.807) is 0 Å². The van der Waals surface area contributed by atoms with Crippen LogP contribution in [0, 0.1) is 0 Å². The Bertz CT molecular complexity index is 346. The van der Waals surface area contributed by atoms with Crippen LogP contribution in [0.2, 0.25) is 0 Å². The second-order valence-electron chi connectivity index (χ2n) is 4.43. The average Bonchev–Trinajstić information content (AvgIpc) is 2.33. The molecule has 0 heterocycles. The maximum absolute atomic E-state index is 9.55. The number of hydrogen-bond donors (Lipinski definition) is 1. The molecule has 16 heavy (non-hydrogen) atoms. The minimum absolute atomic E-state index is 0.105. The van der Waals surface area contributed by atoms with Crippen molar-refractivity contribution >= 4 is 15.9 Å². The normalized spacial score (nSPS) is 19.4. The molecule has 88 valence electrons. The third-order valence-electron chi connectivity index (χ3n) is 3.22. The van der Waals surface area contributed by atoms with Gasteiger partial charge in [0.15, 0.2) is 0 Å². The lowest BCUT2D eigenvalue weighted by Gasteiger charge is -2.36. The molecule has 1 aliphatic rings. The van der Waals surface area contributed by atoms with Gasteiger partial charge in [0.05, 0.1) is 11.1 Å². The predicted molar refractivity (Wildman–Crippen MR) is 67.7 cm³/mol. The van der Waals surface area contributed by atoms with E-state index in [0.717, 1.165) is 35.9 Å². The molecule has 2 rings (SSSR count). The van der Waals surface area contributed by atoms with Gasteiger partial charge in [-0.2, -0.15) is 0 Å². The molecular weight excluding hydrogens is 268 g/mol. The van der Waals surface area contributed by atoms with Gasteiger partial charge in [0, 0.05) is 0 Å². The van der Waals surface area contributed by atoms with E-state index in [0.29, 0.717) is 0 Å². The van der Waals surface area contributed by atoms with Crippen LogP contribution in [0.5, 0.6) is 5.75 Å². The standard InChI is InChI=1S/C13H17BrO2/c14-11-6-2-3-7-12(11)16-13(10-15)8-4-1-5-9-13/h2-3,6-7,15H,1,4-5,8-10H2. The summed E-state index contributed by atoms with van der Waals surface area (Å²) in [7, 11) is 0. The molecule has 0 saturated heterocycles. The average molecular weight is 285 g/mol. The molecule has 3 heteroatoms. The van der Waals surface area contributed by atoms with Gasteiger partial charge in [-0.1, -0.05) is 18.6 Å². The van der Waals surface area contributed by atoms with Gasteiger partial charge in [0.2, 0.25) is 0 Å². The molecule has 0 unspecified atom stereocenters. The molecule has 1 aromatic rings. The van der Waals surface area contributed by atoms with Gasteiger partial charge < -0.3 is 9.84 Å². The van der Waals surface area contributed by atoms with Crippen LogP contribution < -0.4 is 4.74 Å². The van der Waals surface area contributed by atoms with Crippen LogP contribution in [0.25, 0.3) is 0 Å². The number of para-hydroxylation sites is 1. The van der Waals surface area contributed by atoms with Crippen LogP contribution in [-0.2, 0) is 0 Å². The number of aliphatic hydroxyl groups excluding tert-OH is 1. The van der Waals surface area contributed by atoms with Gasteiger partial charge in [-0.15, -0.1) is 0 Å². The van der Waals surface area contributed by atoms with Crippen molar-refractivity contribution in [2.24, 2.45) is 0 Å². The van der Waals surface area contributed by atoms with Crippen molar-refractivity contribution in [1.29, 1.82) is 0 Å². The number of aliphatic hydroxyl groups is 1. The zero-order chi connectivity index (χ0) is 11.4. The fraction of sp³-hybridized carbons (Fsp3) is 0.538. The Morgan fingerprint density at radius 2 is 1.88 bits per heavy atom. The van der Waals surface area contributed by atoms with Crippen molar-refractivity contribution in [3.8, 4) is 5.75 Å². The fourth-order valence-electron chi connectivity index (χ4n) is 2.25. The van der Waals surface area contributed by atoms with E-state index in [4.69, 9.17) is 4.74 Å². The molecule has 0 amide bonds. The Morgan fingerprint density at radius 3 is 2.50 bits per heavy atom. The summed E-state index contributed by atoms with van der Waals surface area (Å²) in [6.45, 7) is 0.105. The molecule has 0 radical (unpaired) electrons. The number of ether oxygens (including phenoxy) is 1. The van der Waals surface area contributed by atoms with Gasteiger partial charge in [0.1, 0.15) is 11.4 Å². The summed E-state index contributed by atoms with van der Waals surface area (Å²) in [5.41, 5.74) is -0.359. The smallest absolute Gasteiger partial charge is 0.134 e. The highest BCUT2D eigenvalue weighted by Gasteiger charge is 2.33. The number of benzene rings is 1. The van der Waals surface area contributed by atoms with Crippen LogP contribution >= 0.6 is 15.9 Å². The van der Waals surface area contributed by atoms with Gasteiger partial charge in [-0.05, 0) is 53.7 Å². The summed E-state index contributed by atoms with van der Waals surface area (Å²) in [6.07, 6.45) is 5.44. The van der Waals surface area contributed by atoms with E-state index in [1.807, 2.05) is 24.3 Å². The highest BCUT2D eigenvalue weighted by molar-refractivity contribution is 9.10. The molecule has 1 aliphatic carbocycles. The summed E-state index contributed by atoms with van der Waals surface area (Å²) in [5.74, 6) is 0.832. The van der Waals surface area contributed by atoms with Crippen LogP contribution in [0.4, 0.5) is 0 Å². The first-order valence-electron chi connectivity index (χ1n) is 5.80. The first-order valence-corrected chi connectivity index (χ1v) is 6.59. The molecule has 1 aromatic carbocycles. The van der Waals surface area contributed by atoms with Crippen LogP contribution in [0.1, 0.15) is 32.1 Å². The summed E-state index contributed by atoms with van der Waals surface area (Å²) in [6, 6.07) is 7.82. The first-order chi connectivity index (χ1) is 7.76. The molecule has 1 fully saturated rings. The maximum Gasteiger partial charge on any atom is 0.134 e. The van der Waals surface area contributed by atoms with Gasteiger partial charge in [-0.25, -0.2) is 0 Å². The Labute approximate surface area is 105 Å². The topological polar surface area (TPSA) is 29.5 Å². The molecule has 0 atom stereocenters. The summed E-state index contributed by atoms with van der Waals surface area (Å²) >= 11 is 3.47. The van der Waals surface area contributed by atoms with Crippen LogP contribution in [0.3, 0.4) is 0 Å². The van der Waals surface area contributed by atoms with Crippen LogP contribution in [-0.4, -0.2) is 17.3 Å². The van der Waals surface area contributed by atoms with Gasteiger partial charge in [-0.3, -0.25) is 0 Å². The Morgan fingerprint density at radius 1 is 1.19 bits per heavy atom. The number of hydrogen-bond acceptors (Lipinski definition) is 2. The zero-order valence-corrected chi connectivity index (χ0v) is 10.9. The summed E-state index contributed by atoms with van der Waals surface area (Å²) in [4.78, 5) is 0. The van der Waals surface area contributed by atoms with Crippen molar-refractivity contribution in [1.82, 2.24) is 0 Å². The minimum atomic E-state index is -0.359. The summed E-state index contributed by atoms with van der Waals surface area (Å²) < 4.78 is 6.98. The molecule has 1 N–H and O–H groups in total. The fourth-order valence-corrected chi connectivity index (χ4v) is 2.62. The molecular formula is C13H17BrO2. The number of rotatable bonds is 3. The Kier molecular flexibility index (Phi) is 3.87. The van der Waals surface area contributed by atoms with Gasteiger partial charge >= 0.3 is 0 Å². The lowest BCUT2D eigenvalue weighted by atomic mass is 9.85. The maximum atomic E-state index is 9.55. The zero-order valence-electron chi connectivity index (χ0n) is 9.29. The molecule has 0 aliphatic heterocycles. The molecule has 0 bridgehead atoms. The predicted octanol–water partition coefficient (Wildman–Crippen LogP) is 3.52. The van der Waals surface area contributed by atoms with Crippen molar-refractivity contribution in [3.05, 3.63) is 28.7 Å². The van der Waals surface area contributed by atoms with Crippen molar-refractivity contribution in [3.63, 3.8) is 0 Å². The molecule has 0 aromatic heterocycles. The Balaban J connectivity index is 2.15. The molecule has 2 nitrogen and oxygen atoms in total. The van der Waals surface area contributed by atoms with E-state index in [-0.39, 0.29) is 12.2 Å². The first kappa shape index (κ1) is 11.9. The lowest BCUT2D eigenvalue weighted by Crippen LogP contribution is -2.42. The number of halogens is 1. The molecule has 1 saturated carbocycles. The van der Waals surface area contributed by atoms with E-state index in [2.05, 4.69) is 15.9 Å². The second kappa shape index (κ2) is 5.19. The van der Waals surface area contributed by atoms with E-state index in [1.165, 1.54) is 6.42 Å². The third-order valence-corrected chi connectivity index (χ3v) is 3.87. The summed E-state index contributed by atoms with van der Waals surface area (Å²) in [5, 5.41) is 9.55. The quantitative estimate of drug-likeness (QED) is 0.920.